The Kier molecular flexibility index (Phi) is 3.19. The topological polar surface area (TPSA) is 44.0 Å². The smallest absolute Gasteiger partial charge is 0.267 e. The van der Waals surface area contributed by atoms with Crippen LogP contribution in [0.3, 0.4) is 0 Å². The van der Waals surface area contributed by atoms with Crippen LogP contribution in [0, 0.1) is 0 Å². The van der Waals surface area contributed by atoms with Crippen LogP contribution in [0.15, 0.2) is 45.5 Å². The summed E-state index contributed by atoms with van der Waals surface area (Å²) in [4.78, 5) is 24.4. The van der Waals surface area contributed by atoms with Gasteiger partial charge in [0.15, 0.2) is 0 Å². The van der Waals surface area contributed by atoms with Crippen LogP contribution in [-0.4, -0.2) is 9.36 Å². The number of fused-ring (bicyclic) bond motifs is 1. The van der Waals surface area contributed by atoms with E-state index >= 15 is 0 Å². The highest BCUT2D eigenvalue weighted by molar-refractivity contribution is 5.80. The molecule has 2 rings (SSSR count). The van der Waals surface area contributed by atoms with Crippen LogP contribution in [0.5, 0.6) is 0 Å². The normalized spacial score (nSPS) is 10.6. The van der Waals surface area contributed by atoms with Gasteiger partial charge in [0.05, 0.1) is 17.3 Å². The third-order valence-corrected chi connectivity index (χ3v) is 2.95. The maximum Gasteiger partial charge on any atom is 0.273 e. The van der Waals surface area contributed by atoms with Crippen molar-refractivity contribution in [3.8, 4) is 0 Å². The first-order chi connectivity index (χ1) is 8.52. The third kappa shape index (κ3) is 2.01. The number of aromatic nitrogens is 2. The Hall–Kier alpha value is -2.10. The minimum Gasteiger partial charge on any atom is -0.267 e. The zero-order valence-corrected chi connectivity index (χ0v) is 10.8. The maximum absolute atomic E-state index is 12.3. The Morgan fingerprint density at radius 2 is 1.67 bits per heavy atom. The van der Waals surface area contributed by atoms with Gasteiger partial charge < -0.3 is 0 Å². The lowest BCUT2D eigenvalue weighted by molar-refractivity contribution is 0.510. The molecule has 0 fully saturated rings. The fourth-order valence-electron chi connectivity index (χ4n) is 1.89. The Labute approximate surface area is 105 Å². The first-order valence-corrected chi connectivity index (χ1v) is 5.84. The summed E-state index contributed by atoms with van der Waals surface area (Å²) >= 11 is 0. The van der Waals surface area contributed by atoms with E-state index < -0.39 is 0 Å². The lowest BCUT2D eigenvalue weighted by Crippen LogP contribution is -2.36. The molecule has 94 valence electrons. The van der Waals surface area contributed by atoms with Gasteiger partial charge in [-0.25, -0.2) is 9.36 Å². The van der Waals surface area contributed by atoms with Crippen molar-refractivity contribution in [3.05, 3.63) is 56.6 Å². The number of hydrogen-bond acceptors (Lipinski definition) is 2. The SMILES string of the molecule is CC(C)=CCn1c(=O)c2ccccc2c(=O)n1C. The summed E-state index contributed by atoms with van der Waals surface area (Å²) < 4.78 is 2.84. The van der Waals surface area contributed by atoms with Crippen molar-refractivity contribution in [2.45, 2.75) is 20.4 Å². The maximum atomic E-state index is 12.3. The largest absolute Gasteiger partial charge is 0.273 e. The predicted molar refractivity (Wildman–Crippen MR) is 72.9 cm³/mol. The van der Waals surface area contributed by atoms with Crippen molar-refractivity contribution in [2.24, 2.45) is 7.05 Å². The van der Waals surface area contributed by atoms with Crippen molar-refractivity contribution in [2.75, 3.05) is 0 Å². The van der Waals surface area contributed by atoms with E-state index in [-0.39, 0.29) is 11.1 Å². The van der Waals surface area contributed by atoms with Gasteiger partial charge in [0.25, 0.3) is 11.1 Å². The van der Waals surface area contributed by atoms with Crippen LogP contribution in [0.2, 0.25) is 0 Å². The van der Waals surface area contributed by atoms with Crippen molar-refractivity contribution in [3.63, 3.8) is 0 Å². The van der Waals surface area contributed by atoms with Crippen molar-refractivity contribution in [1.29, 1.82) is 0 Å². The predicted octanol–water partition coefficient (Wildman–Crippen LogP) is 1.67. The summed E-state index contributed by atoms with van der Waals surface area (Å²) in [6.07, 6.45) is 1.93. The highest BCUT2D eigenvalue weighted by atomic mass is 16.2. The van der Waals surface area contributed by atoms with Crippen LogP contribution >= 0.6 is 0 Å². The van der Waals surface area contributed by atoms with Gasteiger partial charge in [0, 0.05) is 7.05 Å². The second-order valence-corrected chi connectivity index (χ2v) is 4.54. The fourth-order valence-corrected chi connectivity index (χ4v) is 1.89. The summed E-state index contributed by atoms with van der Waals surface area (Å²) in [7, 11) is 1.62. The number of benzene rings is 1. The molecule has 1 heterocycles. The Morgan fingerprint density at radius 3 is 2.22 bits per heavy atom. The second-order valence-electron chi connectivity index (χ2n) is 4.54. The zero-order chi connectivity index (χ0) is 13.3. The van der Waals surface area contributed by atoms with Crippen molar-refractivity contribution >= 4 is 10.8 Å². The van der Waals surface area contributed by atoms with Crippen molar-refractivity contribution in [1.82, 2.24) is 9.36 Å². The highest BCUT2D eigenvalue weighted by Gasteiger charge is 2.08. The fraction of sp³-hybridized carbons (Fsp3) is 0.286. The number of nitrogens with zero attached hydrogens (tertiary/aromatic N) is 2. The summed E-state index contributed by atoms with van der Waals surface area (Å²) in [6.45, 7) is 4.34. The molecule has 1 aromatic heterocycles. The Balaban J connectivity index is 2.79. The van der Waals surface area contributed by atoms with Gasteiger partial charge in [0.2, 0.25) is 0 Å². The monoisotopic (exact) mass is 244 g/mol. The van der Waals surface area contributed by atoms with Crippen LogP contribution in [0.1, 0.15) is 13.8 Å². The van der Waals surface area contributed by atoms with E-state index in [0.717, 1.165) is 5.57 Å². The minimum absolute atomic E-state index is 0.134. The quantitative estimate of drug-likeness (QED) is 0.754. The lowest BCUT2D eigenvalue weighted by Gasteiger charge is -2.11. The molecular formula is C14H16N2O2. The van der Waals surface area contributed by atoms with E-state index in [9.17, 15) is 9.59 Å². The molecule has 0 unspecified atom stereocenters. The molecule has 0 aliphatic heterocycles. The first kappa shape index (κ1) is 12.4. The molecule has 0 atom stereocenters. The molecule has 0 bridgehead atoms. The first-order valence-electron chi connectivity index (χ1n) is 5.84. The van der Waals surface area contributed by atoms with Gasteiger partial charge >= 0.3 is 0 Å². The van der Waals surface area contributed by atoms with E-state index in [1.165, 1.54) is 9.36 Å². The van der Waals surface area contributed by atoms with E-state index in [4.69, 9.17) is 0 Å². The standard InChI is InChI=1S/C14H16N2O2/c1-10(2)8-9-16-14(18)12-7-5-4-6-11(12)13(17)15(16)3/h4-8H,9H2,1-3H3. The molecule has 0 saturated carbocycles. The number of allylic oxidation sites excluding steroid dienone is 2. The van der Waals surface area contributed by atoms with Gasteiger partial charge in [-0.15, -0.1) is 0 Å². The molecule has 0 spiro atoms. The molecule has 0 N–H and O–H groups in total. The van der Waals surface area contributed by atoms with Crippen LogP contribution in [-0.2, 0) is 13.6 Å². The second kappa shape index (κ2) is 4.64. The number of rotatable bonds is 2. The van der Waals surface area contributed by atoms with Gasteiger partial charge in [-0.3, -0.25) is 9.59 Å². The van der Waals surface area contributed by atoms with E-state index in [1.807, 2.05) is 19.9 Å². The molecule has 4 nitrogen and oxygen atoms in total. The Bertz CT molecular complexity index is 732. The highest BCUT2D eigenvalue weighted by Crippen LogP contribution is 2.03. The summed E-state index contributed by atoms with van der Waals surface area (Å²) in [5.41, 5.74) is 0.833. The Morgan fingerprint density at radius 1 is 1.11 bits per heavy atom. The van der Waals surface area contributed by atoms with Crippen LogP contribution in [0.25, 0.3) is 10.8 Å². The van der Waals surface area contributed by atoms with Gasteiger partial charge in [-0.2, -0.15) is 0 Å². The van der Waals surface area contributed by atoms with Crippen LogP contribution in [0.4, 0.5) is 0 Å². The number of hydrogen-bond donors (Lipinski definition) is 0. The molecule has 2 aromatic rings. The summed E-state index contributed by atoms with van der Waals surface area (Å²) in [5, 5.41) is 0.946. The van der Waals surface area contributed by atoms with Gasteiger partial charge in [-0.1, -0.05) is 23.8 Å². The molecule has 1 aromatic carbocycles. The molecule has 0 amide bonds. The average Bonchev–Trinajstić information content (AvgIpc) is 2.36. The minimum atomic E-state index is -0.146. The van der Waals surface area contributed by atoms with Gasteiger partial charge in [0.1, 0.15) is 0 Å². The molecule has 0 saturated heterocycles. The molecule has 18 heavy (non-hydrogen) atoms. The van der Waals surface area contributed by atoms with E-state index in [1.54, 1.807) is 31.3 Å². The lowest BCUT2D eigenvalue weighted by atomic mass is 10.2. The third-order valence-electron chi connectivity index (χ3n) is 2.95. The average molecular weight is 244 g/mol. The molecule has 0 aliphatic rings. The van der Waals surface area contributed by atoms with Crippen molar-refractivity contribution < 1.29 is 0 Å². The molecular weight excluding hydrogens is 228 g/mol. The van der Waals surface area contributed by atoms with E-state index in [2.05, 4.69) is 0 Å². The summed E-state index contributed by atoms with van der Waals surface area (Å²) in [5.74, 6) is 0. The molecule has 0 aliphatic carbocycles. The zero-order valence-electron chi connectivity index (χ0n) is 10.8. The molecule has 4 heteroatoms. The van der Waals surface area contributed by atoms with Gasteiger partial charge in [-0.05, 0) is 26.0 Å². The van der Waals surface area contributed by atoms with Crippen LogP contribution < -0.4 is 11.1 Å². The summed E-state index contributed by atoms with van der Waals surface area (Å²) in [6, 6.07) is 6.92. The van der Waals surface area contributed by atoms with E-state index in [0.29, 0.717) is 17.3 Å². The molecule has 0 radical (unpaired) electrons.